The largest absolute Gasteiger partial charge is 0.366 e. The van der Waals surface area contributed by atoms with Gasteiger partial charge in [-0.2, -0.15) is 0 Å². The Morgan fingerprint density at radius 3 is 2.42 bits per heavy atom. The number of allylic oxidation sites excluding steroid dienone is 1. The molecule has 1 aliphatic heterocycles. The molecule has 3 nitrogen and oxygen atoms in total. The van der Waals surface area contributed by atoms with Crippen LogP contribution in [0.3, 0.4) is 0 Å². The molecule has 0 bridgehead atoms. The highest BCUT2D eigenvalue weighted by Crippen LogP contribution is 2.46. The molecule has 1 fully saturated rings. The first kappa shape index (κ1) is 26.4. The molecular weight excluding hydrogens is 422 g/mol. The summed E-state index contributed by atoms with van der Waals surface area (Å²) >= 11 is 1.79. The Hall–Kier alpha value is -1.23. The van der Waals surface area contributed by atoms with Gasteiger partial charge in [-0.15, -0.1) is 0 Å². The van der Waals surface area contributed by atoms with Gasteiger partial charge in [0.15, 0.2) is 0 Å². The van der Waals surface area contributed by atoms with E-state index in [0.717, 1.165) is 32.6 Å². The number of nitrogens with one attached hydrogen (secondary N) is 1. The highest BCUT2D eigenvalue weighted by Gasteiger charge is 2.36. The number of likely N-dealkylation sites (tertiary alicyclic amines) is 1. The number of nitrogens with two attached hydrogens (primary N) is 1. The van der Waals surface area contributed by atoms with Crippen molar-refractivity contribution in [1.82, 2.24) is 10.2 Å². The number of thioether (sulfide) groups is 1. The minimum absolute atomic E-state index is 0.251. The molecule has 0 atom stereocenters. The first-order chi connectivity index (χ1) is 15.6. The maximum atomic E-state index is 5.58. The standard InChI is InChI=1S/C29H47N3S/c1-22(24-10-11-26-27(20-24)29(5,6)15-14-28(26,3)4)21-33-23(2)32-18-12-25(13-19-32)31-17-9-7-8-16-30/h10-11,20-21,25,31H,2,7-9,12-19,30H2,1,3-6H3/b22-21+. The van der Waals surface area contributed by atoms with E-state index in [1.54, 1.807) is 11.8 Å². The summed E-state index contributed by atoms with van der Waals surface area (Å²) < 4.78 is 0. The Bertz CT molecular complexity index is 831. The fourth-order valence-electron chi connectivity index (χ4n) is 5.22. The van der Waals surface area contributed by atoms with Crippen LogP contribution in [0.15, 0.2) is 35.2 Å². The average molecular weight is 470 g/mol. The van der Waals surface area contributed by atoms with E-state index in [9.17, 15) is 0 Å². The number of rotatable bonds is 10. The highest BCUT2D eigenvalue weighted by molar-refractivity contribution is 8.05. The van der Waals surface area contributed by atoms with Crippen LogP contribution in [-0.2, 0) is 10.8 Å². The number of piperidine rings is 1. The fraction of sp³-hybridized carbons (Fsp3) is 0.655. The van der Waals surface area contributed by atoms with E-state index < -0.39 is 0 Å². The molecule has 33 heavy (non-hydrogen) atoms. The molecule has 0 aromatic heterocycles. The summed E-state index contributed by atoms with van der Waals surface area (Å²) in [5.74, 6) is 0. The summed E-state index contributed by atoms with van der Waals surface area (Å²) in [7, 11) is 0. The number of unbranched alkanes of at least 4 members (excludes halogenated alkanes) is 2. The summed E-state index contributed by atoms with van der Waals surface area (Å²) in [6.45, 7) is 20.4. The van der Waals surface area contributed by atoms with Crippen LogP contribution < -0.4 is 11.1 Å². The lowest BCUT2D eigenvalue weighted by atomic mass is 9.63. The van der Waals surface area contributed by atoms with E-state index in [2.05, 4.69) is 75.0 Å². The molecule has 1 heterocycles. The van der Waals surface area contributed by atoms with Gasteiger partial charge in [0.1, 0.15) is 0 Å². The van der Waals surface area contributed by atoms with E-state index in [0.29, 0.717) is 6.04 Å². The van der Waals surface area contributed by atoms with Gasteiger partial charge in [-0.1, -0.05) is 70.7 Å². The molecule has 4 heteroatoms. The van der Waals surface area contributed by atoms with E-state index in [4.69, 9.17) is 5.73 Å². The normalized spacial score (nSPS) is 20.5. The van der Waals surface area contributed by atoms with Gasteiger partial charge in [0.2, 0.25) is 0 Å². The molecule has 184 valence electrons. The molecule has 1 aromatic carbocycles. The van der Waals surface area contributed by atoms with Crippen molar-refractivity contribution in [2.45, 2.75) is 96.4 Å². The van der Waals surface area contributed by atoms with E-state index in [1.807, 2.05) is 0 Å². The third-order valence-corrected chi connectivity index (χ3v) is 8.84. The molecule has 0 saturated carbocycles. The number of nitrogens with zero attached hydrogens (tertiary/aromatic N) is 1. The second-order valence-corrected chi connectivity index (χ2v) is 12.3. The van der Waals surface area contributed by atoms with Crippen LogP contribution in [0.5, 0.6) is 0 Å². The van der Waals surface area contributed by atoms with Gasteiger partial charge >= 0.3 is 0 Å². The minimum atomic E-state index is 0.251. The number of hydrogen-bond acceptors (Lipinski definition) is 4. The Balaban J connectivity index is 1.53. The van der Waals surface area contributed by atoms with E-state index >= 15 is 0 Å². The molecule has 3 rings (SSSR count). The SMILES string of the molecule is C=C(S/C=C(\C)c1ccc2c(c1)C(C)(C)CCC2(C)C)N1CCC(NCCCCCN)CC1. The Morgan fingerprint density at radius 2 is 1.76 bits per heavy atom. The number of benzene rings is 1. The number of hydrogen-bond donors (Lipinski definition) is 2. The highest BCUT2D eigenvalue weighted by atomic mass is 32.2. The topological polar surface area (TPSA) is 41.3 Å². The summed E-state index contributed by atoms with van der Waals surface area (Å²) in [5, 5.41) is 7.21. The maximum absolute atomic E-state index is 5.58. The molecule has 0 spiro atoms. The lowest BCUT2D eigenvalue weighted by molar-refractivity contribution is 0.254. The third kappa shape index (κ3) is 6.90. The predicted molar refractivity (Wildman–Crippen MR) is 148 cm³/mol. The molecule has 0 radical (unpaired) electrons. The smallest absolute Gasteiger partial charge is 0.0676 e. The van der Waals surface area contributed by atoms with Crippen molar-refractivity contribution < 1.29 is 0 Å². The molecule has 1 saturated heterocycles. The Kier molecular flexibility index (Phi) is 9.16. The quantitative estimate of drug-likeness (QED) is 0.370. The van der Waals surface area contributed by atoms with Gasteiger partial charge in [0.05, 0.1) is 5.03 Å². The van der Waals surface area contributed by atoms with Gasteiger partial charge < -0.3 is 16.0 Å². The van der Waals surface area contributed by atoms with Crippen LogP contribution in [0.2, 0.25) is 0 Å². The molecule has 0 unspecified atom stereocenters. The molecule has 0 amide bonds. The van der Waals surface area contributed by atoms with Crippen LogP contribution in [0.4, 0.5) is 0 Å². The molecular formula is C29H47N3S. The monoisotopic (exact) mass is 469 g/mol. The third-order valence-electron chi connectivity index (χ3n) is 7.84. The fourth-order valence-corrected chi connectivity index (χ4v) is 6.00. The summed E-state index contributed by atoms with van der Waals surface area (Å²) in [4.78, 5) is 2.46. The summed E-state index contributed by atoms with van der Waals surface area (Å²) in [5.41, 5.74) is 11.8. The van der Waals surface area contributed by atoms with Gasteiger partial charge in [-0.3, -0.25) is 0 Å². The van der Waals surface area contributed by atoms with Crippen molar-refractivity contribution in [3.8, 4) is 0 Å². The van der Waals surface area contributed by atoms with Crippen molar-refractivity contribution in [2.75, 3.05) is 26.2 Å². The molecule has 1 aromatic rings. The first-order valence-electron chi connectivity index (χ1n) is 13.0. The summed E-state index contributed by atoms with van der Waals surface area (Å²) in [6.07, 6.45) is 8.54. The molecule has 1 aliphatic carbocycles. The van der Waals surface area contributed by atoms with Crippen LogP contribution in [0.1, 0.15) is 96.3 Å². The Labute approximate surface area is 207 Å². The molecule has 3 N–H and O–H groups in total. The zero-order valence-corrected chi connectivity index (χ0v) is 22.6. The van der Waals surface area contributed by atoms with Crippen molar-refractivity contribution in [1.29, 1.82) is 0 Å². The zero-order valence-electron chi connectivity index (χ0n) is 21.8. The van der Waals surface area contributed by atoms with Gasteiger partial charge in [-0.05, 0) is 97.0 Å². The van der Waals surface area contributed by atoms with E-state index in [1.165, 1.54) is 65.8 Å². The zero-order chi connectivity index (χ0) is 24.1. The van der Waals surface area contributed by atoms with Crippen LogP contribution in [0.25, 0.3) is 5.57 Å². The van der Waals surface area contributed by atoms with Gasteiger partial charge in [0.25, 0.3) is 0 Å². The average Bonchev–Trinajstić information content (AvgIpc) is 2.80. The first-order valence-corrected chi connectivity index (χ1v) is 13.9. The predicted octanol–water partition coefficient (Wildman–Crippen LogP) is 6.78. The Morgan fingerprint density at radius 1 is 1.09 bits per heavy atom. The van der Waals surface area contributed by atoms with Crippen molar-refractivity contribution in [3.05, 3.63) is 51.9 Å². The maximum Gasteiger partial charge on any atom is 0.0676 e. The van der Waals surface area contributed by atoms with Crippen molar-refractivity contribution in [2.24, 2.45) is 5.73 Å². The van der Waals surface area contributed by atoms with Crippen molar-refractivity contribution in [3.63, 3.8) is 0 Å². The summed E-state index contributed by atoms with van der Waals surface area (Å²) in [6, 6.07) is 7.81. The van der Waals surface area contributed by atoms with Crippen LogP contribution >= 0.6 is 11.8 Å². The lowest BCUT2D eigenvalue weighted by Crippen LogP contribution is -2.41. The van der Waals surface area contributed by atoms with Crippen molar-refractivity contribution >= 4 is 17.3 Å². The van der Waals surface area contributed by atoms with Crippen LogP contribution in [-0.4, -0.2) is 37.1 Å². The van der Waals surface area contributed by atoms with Crippen LogP contribution in [0, 0.1) is 0 Å². The van der Waals surface area contributed by atoms with E-state index in [-0.39, 0.29) is 10.8 Å². The number of fused-ring (bicyclic) bond motifs is 1. The second kappa shape index (κ2) is 11.5. The van der Waals surface area contributed by atoms with Gasteiger partial charge in [-0.25, -0.2) is 0 Å². The molecule has 2 aliphatic rings. The lowest BCUT2D eigenvalue weighted by Gasteiger charge is -2.42. The van der Waals surface area contributed by atoms with Gasteiger partial charge in [0, 0.05) is 19.1 Å². The minimum Gasteiger partial charge on any atom is -0.366 e. The second-order valence-electron chi connectivity index (χ2n) is 11.4.